The molecule has 0 saturated carbocycles. The molecule has 0 aliphatic carbocycles. The largest absolute Gasteiger partial charge is 0.378 e. The first-order valence-electron chi connectivity index (χ1n) is 9.21. The Bertz CT molecular complexity index is 446. The lowest BCUT2D eigenvalue weighted by molar-refractivity contribution is -0.141. The molecule has 3 aliphatic heterocycles. The van der Waals surface area contributed by atoms with E-state index < -0.39 is 0 Å². The van der Waals surface area contributed by atoms with Crippen molar-refractivity contribution in [2.24, 2.45) is 0 Å². The van der Waals surface area contributed by atoms with Crippen molar-refractivity contribution < 1.29 is 19.1 Å². The molecule has 0 aromatic carbocycles. The SMILES string of the molecule is Cl.O=C(CCOCC1CCCO1)N1CCCC(N2CCNCC2=O)C1. The summed E-state index contributed by atoms with van der Waals surface area (Å²) in [7, 11) is 0. The Labute approximate surface area is 155 Å². The lowest BCUT2D eigenvalue weighted by Gasteiger charge is -2.41. The van der Waals surface area contributed by atoms with Crippen molar-refractivity contribution in [2.45, 2.75) is 44.2 Å². The second-order valence-electron chi connectivity index (χ2n) is 6.86. The molecule has 0 aromatic rings. The quantitative estimate of drug-likeness (QED) is 0.681. The number of piperidine rings is 1. The fourth-order valence-electron chi connectivity index (χ4n) is 3.75. The van der Waals surface area contributed by atoms with E-state index in [-0.39, 0.29) is 36.4 Å². The van der Waals surface area contributed by atoms with Crippen molar-refractivity contribution in [2.75, 3.05) is 52.5 Å². The molecular weight excluding hydrogens is 346 g/mol. The van der Waals surface area contributed by atoms with Crippen LogP contribution in [0.15, 0.2) is 0 Å². The van der Waals surface area contributed by atoms with Gasteiger partial charge in [-0.2, -0.15) is 0 Å². The topological polar surface area (TPSA) is 71.1 Å². The number of hydrogen-bond acceptors (Lipinski definition) is 5. The number of piperazine rings is 1. The molecule has 8 heteroatoms. The Morgan fingerprint density at radius 2 is 2.16 bits per heavy atom. The smallest absolute Gasteiger partial charge is 0.236 e. The zero-order valence-corrected chi connectivity index (χ0v) is 15.6. The van der Waals surface area contributed by atoms with Crippen molar-refractivity contribution in [1.29, 1.82) is 0 Å². The van der Waals surface area contributed by atoms with Gasteiger partial charge in [0.1, 0.15) is 0 Å². The molecule has 3 aliphatic rings. The Kier molecular flexibility index (Phi) is 8.42. The number of halogens is 1. The van der Waals surface area contributed by atoms with Crippen LogP contribution in [-0.4, -0.2) is 86.3 Å². The number of amides is 2. The predicted octanol–water partition coefficient (Wildman–Crippen LogP) is 0.417. The summed E-state index contributed by atoms with van der Waals surface area (Å²) in [4.78, 5) is 28.3. The minimum absolute atomic E-state index is 0. The third kappa shape index (κ3) is 5.81. The number of ether oxygens (including phenoxy) is 2. The predicted molar refractivity (Wildman–Crippen MR) is 95.8 cm³/mol. The van der Waals surface area contributed by atoms with Gasteiger partial charge < -0.3 is 24.6 Å². The Hall–Kier alpha value is -0.890. The van der Waals surface area contributed by atoms with Gasteiger partial charge in [-0.15, -0.1) is 12.4 Å². The van der Waals surface area contributed by atoms with Crippen molar-refractivity contribution in [1.82, 2.24) is 15.1 Å². The van der Waals surface area contributed by atoms with E-state index in [9.17, 15) is 9.59 Å². The van der Waals surface area contributed by atoms with Crippen LogP contribution in [-0.2, 0) is 19.1 Å². The van der Waals surface area contributed by atoms with E-state index in [1.54, 1.807) is 0 Å². The highest BCUT2D eigenvalue weighted by atomic mass is 35.5. The number of hydrogen-bond donors (Lipinski definition) is 1. The molecule has 7 nitrogen and oxygen atoms in total. The van der Waals surface area contributed by atoms with Gasteiger partial charge >= 0.3 is 0 Å². The summed E-state index contributed by atoms with van der Waals surface area (Å²) in [5.74, 6) is 0.287. The summed E-state index contributed by atoms with van der Waals surface area (Å²) in [6, 6.07) is 0.171. The summed E-state index contributed by atoms with van der Waals surface area (Å²) in [6.07, 6.45) is 4.73. The van der Waals surface area contributed by atoms with Crippen LogP contribution in [0.5, 0.6) is 0 Å². The fraction of sp³-hybridized carbons (Fsp3) is 0.882. The van der Waals surface area contributed by atoms with E-state index >= 15 is 0 Å². The average molecular weight is 376 g/mol. The Morgan fingerprint density at radius 1 is 1.28 bits per heavy atom. The van der Waals surface area contributed by atoms with Crippen molar-refractivity contribution in [3.8, 4) is 0 Å². The number of likely N-dealkylation sites (tertiary alicyclic amines) is 1. The van der Waals surface area contributed by atoms with Gasteiger partial charge in [0.25, 0.3) is 0 Å². The molecule has 3 heterocycles. The number of nitrogens with zero attached hydrogens (tertiary/aromatic N) is 2. The molecule has 144 valence electrons. The van der Waals surface area contributed by atoms with Gasteiger partial charge in [0.05, 0.1) is 32.3 Å². The van der Waals surface area contributed by atoms with Crippen LogP contribution in [0.4, 0.5) is 0 Å². The molecule has 3 saturated heterocycles. The highest BCUT2D eigenvalue weighted by Crippen LogP contribution is 2.18. The normalized spacial score (nSPS) is 27.3. The molecule has 0 spiro atoms. The standard InChI is InChI=1S/C17H29N3O4.ClH/c21-16(5-10-23-13-15-4-2-9-24-15)19-7-1-3-14(12-19)20-8-6-18-11-17(20)22;/h14-15,18H,1-13H2;1H. The molecule has 2 unspecified atom stereocenters. The summed E-state index contributed by atoms with van der Waals surface area (Å²) >= 11 is 0. The zero-order chi connectivity index (χ0) is 16.8. The van der Waals surface area contributed by atoms with Crippen LogP contribution in [0.2, 0.25) is 0 Å². The van der Waals surface area contributed by atoms with Gasteiger partial charge in [0.15, 0.2) is 0 Å². The average Bonchev–Trinajstić information content (AvgIpc) is 3.12. The lowest BCUT2D eigenvalue weighted by Crippen LogP contribution is -2.57. The second-order valence-corrected chi connectivity index (χ2v) is 6.86. The van der Waals surface area contributed by atoms with Crippen LogP contribution in [0.3, 0.4) is 0 Å². The minimum atomic E-state index is 0. The van der Waals surface area contributed by atoms with E-state index in [4.69, 9.17) is 9.47 Å². The third-order valence-corrected chi connectivity index (χ3v) is 5.10. The zero-order valence-electron chi connectivity index (χ0n) is 14.8. The molecular formula is C17H30ClN3O4. The number of carbonyl (C=O) groups is 2. The van der Waals surface area contributed by atoms with Crippen LogP contribution >= 0.6 is 12.4 Å². The highest BCUT2D eigenvalue weighted by Gasteiger charge is 2.31. The summed E-state index contributed by atoms with van der Waals surface area (Å²) in [5, 5.41) is 3.10. The van der Waals surface area contributed by atoms with Gasteiger partial charge in [-0.3, -0.25) is 9.59 Å². The summed E-state index contributed by atoms with van der Waals surface area (Å²) in [6.45, 7) is 5.33. The van der Waals surface area contributed by atoms with E-state index in [2.05, 4.69) is 5.32 Å². The van der Waals surface area contributed by atoms with Gasteiger partial charge in [-0.05, 0) is 25.7 Å². The molecule has 0 aromatic heterocycles. The maximum Gasteiger partial charge on any atom is 0.236 e. The van der Waals surface area contributed by atoms with Crippen LogP contribution in [0.25, 0.3) is 0 Å². The molecule has 0 bridgehead atoms. The van der Waals surface area contributed by atoms with Gasteiger partial charge in [-0.1, -0.05) is 0 Å². The molecule has 1 N–H and O–H groups in total. The Morgan fingerprint density at radius 3 is 2.92 bits per heavy atom. The molecule has 2 atom stereocenters. The first kappa shape index (κ1) is 20.4. The second kappa shape index (κ2) is 10.3. The van der Waals surface area contributed by atoms with Crippen molar-refractivity contribution in [3.05, 3.63) is 0 Å². The van der Waals surface area contributed by atoms with Gasteiger partial charge in [-0.25, -0.2) is 0 Å². The van der Waals surface area contributed by atoms with Crippen LogP contribution < -0.4 is 5.32 Å². The van der Waals surface area contributed by atoms with E-state index in [1.807, 2.05) is 9.80 Å². The minimum Gasteiger partial charge on any atom is -0.378 e. The number of rotatable bonds is 6. The molecule has 3 fully saturated rings. The summed E-state index contributed by atoms with van der Waals surface area (Å²) < 4.78 is 11.1. The first-order valence-corrected chi connectivity index (χ1v) is 9.21. The first-order chi connectivity index (χ1) is 11.7. The van der Waals surface area contributed by atoms with E-state index in [0.29, 0.717) is 32.7 Å². The lowest BCUT2D eigenvalue weighted by atomic mass is 10.0. The summed E-state index contributed by atoms with van der Waals surface area (Å²) in [5.41, 5.74) is 0. The number of nitrogens with one attached hydrogen (secondary N) is 1. The van der Waals surface area contributed by atoms with Crippen molar-refractivity contribution in [3.63, 3.8) is 0 Å². The molecule has 0 radical (unpaired) electrons. The van der Waals surface area contributed by atoms with Crippen molar-refractivity contribution >= 4 is 24.2 Å². The third-order valence-electron chi connectivity index (χ3n) is 5.10. The number of carbonyl (C=O) groups excluding carboxylic acids is 2. The fourth-order valence-corrected chi connectivity index (χ4v) is 3.75. The highest BCUT2D eigenvalue weighted by molar-refractivity contribution is 5.85. The van der Waals surface area contributed by atoms with Crippen LogP contribution in [0.1, 0.15) is 32.1 Å². The monoisotopic (exact) mass is 375 g/mol. The Balaban J connectivity index is 0.00000225. The van der Waals surface area contributed by atoms with E-state index in [1.165, 1.54) is 0 Å². The maximum absolute atomic E-state index is 12.4. The van der Waals surface area contributed by atoms with E-state index in [0.717, 1.165) is 51.9 Å². The molecule has 3 rings (SSSR count). The molecule has 25 heavy (non-hydrogen) atoms. The van der Waals surface area contributed by atoms with Gasteiger partial charge in [0.2, 0.25) is 11.8 Å². The van der Waals surface area contributed by atoms with Crippen LogP contribution in [0, 0.1) is 0 Å². The van der Waals surface area contributed by atoms with Gasteiger partial charge in [0, 0.05) is 38.8 Å². The maximum atomic E-state index is 12.4. The molecule has 2 amide bonds.